The summed E-state index contributed by atoms with van der Waals surface area (Å²) in [5.74, 6) is 0.670. The van der Waals surface area contributed by atoms with Gasteiger partial charge in [0.25, 0.3) is 0 Å². The van der Waals surface area contributed by atoms with Crippen molar-refractivity contribution in [3.63, 3.8) is 0 Å². The third-order valence-corrected chi connectivity index (χ3v) is 5.09. The van der Waals surface area contributed by atoms with Crippen molar-refractivity contribution in [2.45, 2.75) is 24.3 Å². The summed E-state index contributed by atoms with van der Waals surface area (Å²) in [6.07, 6.45) is 2.23. The van der Waals surface area contributed by atoms with Crippen LogP contribution in [0.2, 0.25) is 0 Å². The highest BCUT2D eigenvalue weighted by molar-refractivity contribution is 7.95. The van der Waals surface area contributed by atoms with Gasteiger partial charge in [-0.3, -0.25) is 0 Å². The molecular formula is C13H17NO3S. The minimum Gasteiger partial charge on any atom is -0.497 e. The molecule has 0 radical (unpaired) electrons. The van der Waals surface area contributed by atoms with E-state index < -0.39 is 9.84 Å². The minimum atomic E-state index is -3.31. The summed E-state index contributed by atoms with van der Waals surface area (Å²) in [6, 6.07) is 5.16. The number of rotatable bonds is 4. The standard InChI is InChI=1S/C13H17NO3S/c1-9(14-2)6-12-8-10-7-11(17-3)4-5-13(10)18(12,15)16/h4-5,7-9,14H,6H2,1-3H3. The molecule has 1 aromatic rings. The van der Waals surface area contributed by atoms with Gasteiger partial charge in [0.1, 0.15) is 5.75 Å². The lowest BCUT2D eigenvalue weighted by molar-refractivity contribution is 0.414. The molecule has 0 bridgehead atoms. The number of methoxy groups -OCH3 is 1. The summed E-state index contributed by atoms with van der Waals surface area (Å²) >= 11 is 0. The Labute approximate surface area is 108 Å². The van der Waals surface area contributed by atoms with Gasteiger partial charge in [-0.2, -0.15) is 0 Å². The largest absolute Gasteiger partial charge is 0.497 e. The zero-order valence-electron chi connectivity index (χ0n) is 10.7. The molecule has 5 heteroatoms. The topological polar surface area (TPSA) is 55.4 Å². The number of hydrogen-bond acceptors (Lipinski definition) is 4. The smallest absolute Gasteiger partial charge is 0.203 e. The van der Waals surface area contributed by atoms with E-state index in [-0.39, 0.29) is 6.04 Å². The molecule has 0 saturated heterocycles. The van der Waals surface area contributed by atoms with Crippen LogP contribution in [0.3, 0.4) is 0 Å². The van der Waals surface area contributed by atoms with Gasteiger partial charge >= 0.3 is 0 Å². The Kier molecular flexibility index (Phi) is 3.45. The Morgan fingerprint density at radius 3 is 2.72 bits per heavy atom. The highest BCUT2D eigenvalue weighted by Crippen LogP contribution is 2.36. The van der Waals surface area contributed by atoms with Crippen LogP contribution < -0.4 is 10.1 Å². The van der Waals surface area contributed by atoms with Gasteiger partial charge in [-0.05, 0) is 50.2 Å². The number of hydrogen-bond donors (Lipinski definition) is 1. The Hall–Kier alpha value is -1.33. The van der Waals surface area contributed by atoms with Crippen molar-refractivity contribution in [3.05, 3.63) is 28.7 Å². The van der Waals surface area contributed by atoms with Gasteiger partial charge in [0.05, 0.1) is 16.9 Å². The molecule has 1 atom stereocenters. The highest BCUT2D eigenvalue weighted by Gasteiger charge is 2.30. The van der Waals surface area contributed by atoms with E-state index in [1.807, 2.05) is 14.0 Å². The molecule has 1 aromatic carbocycles. The Morgan fingerprint density at radius 2 is 2.11 bits per heavy atom. The Balaban J connectivity index is 2.42. The van der Waals surface area contributed by atoms with Gasteiger partial charge in [0.15, 0.2) is 0 Å². The fraction of sp³-hybridized carbons (Fsp3) is 0.385. The number of ether oxygens (including phenoxy) is 1. The lowest BCUT2D eigenvalue weighted by Gasteiger charge is -2.10. The molecule has 0 aromatic heterocycles. The van der Waals surface area contributed by atoms with Crippen LogP contribution in [-0.4, -0.2) is 28.6 Å². The maximum Gasteiger partial charge on any atom is 0.203 e. The van der Waals surface area contributed by atoms with Crippen molar-refractivity contribution in [3.8, 4) is 5.75 Å². The monoisotopic (exact) mass is 267 g/mol. The van der Waals surface area contributed by atoms with E-state index in [1.54, 1.807) is 31.4 Å². The van der Waals surface area contributed by atoms with Crippen molar-refractivity contribution < 1.29 is 13.2 Å². The SMILES string of the molecule is CNC(C)CC1=Cc2cc(OC)ccc2S1(=O)=O. The molecule has 18 heavy (non-hydrogen) atoms. The second-order valence-corrected chi connectivity index (χ2v) is 6.38. The van der Waals surface area contributed by atoms with Crippen LogP contribution in [-0.2, 0) is 9.84 Å². The molecule has 1 aliphatic heterocycles. The second-order valence-electron chi connectivity index (χ2n) is 4.41. The van der Waals surface area contributed by atoms with E-state index in [0.29, 0.717) is 27.5 Å². The second kappa shape index (κ2) is 4.74. The van der Waals surface area contributed by atoms with E-state index in [4.69, 9.17) is 4.74 Å². The highest BCUT2D eigenvalue weighted by atomic mass is 32.2. The maximum atomic E-state index is 12.3. The quantitative estimate of drug-likeness (QED) is 0.904. The normalized spacial score (nSPS) is 18.1. The van der Waals surface area contributed by atoms with E-state index >= 15 is 0 Å². The van der Waals surface area contributed by atoms with Crippen molar-refractivity contribution in [1.29, 1.82) is 0 Å². The van der Waals surface area contributed by atoms with Crippen LogP contribution in [0.1, 0.15) is 18.9 Å². The van der Waals surface area contributed by atoms with E-state index in [0.717, 1.165) is 0 Å². The fourth-order valence-corrected chi connectivity index (χ4v) is 3.69. The van der Waals surface area contributed by atoms with Gasteiger partial charge in [-0.1, -0.05) is 0 Å². The summed E-state index contributed by atoms with van der Waals surface area (Å²) in [5, 5.41) is 3.05. The van der Waals surface area contributed by atoms with Crippen molar-refractivity contribution in [2.24, 2.45) is 0 Å². The van der Waals surface area contributed by atoms with Gasteiger partial charge in [-0.15, -0.1) is 0 Å². The summed E-state index contributed by atoms with van der Waals surface area (Å²) < 4.78 is 29.7. The summed E-state index contributed by atoms with van der Waals surface area (Å²) in [4.78, 5) is 0.842. The third-order valence-electron chi connectivity index (χ3n) is 3.17. The predicted molar refractivity (Wildman–Crippen MR) is 71.3 cm³/mol. The molecule has 1 heterocycles. The average Bonchev–Trinajstić information content (AvgIpc) is 2.60. The predicted octanol–water partition coefficient (Wildman–Crippen LogP) is 1.82. The van der Waals surface area contributed by atoms with Gasteiger partial charge in [0.2, 0.25) is 9.84 Å². The van der Waals surface area contributed by atoms with Crippen LogP contribution in [0.25, 0.3) is 6.08 Å². The first-order valence-corrected chi connectivity index (χ1v) is 7.28. The third kappa shape index (κ3) is 2.15. The molecule has 0 spiro atoms. The number of nitrogens with one attached hydrogen (secondary N) is 1. The molecular weight excluding hydrogens is 250 g/mol. The van der Waals surface area contributed by atoms with Crippen LogP contribution in [0.15, 0.2) is 28.0 Å². The zero-order valence-corrected chi connectivity index (χ0v) is 11.5. The lowest BCUT2D eigenvalue weighted by atomic mass is 10.1. The molecule has 0 fully saturated rings. The number of fused-ring (bicyclic) bond motifs is 1. The van der Waals surface area contributed by atoms with Gasteiger partial charge in [-0.25, -0.2) is 8.42 Å². The van der Waals surface area contributed by atoms with E-state index in [1.165, 1.54) is 0 Å². The van der Waals surface area contributed by atoms with Crippen molar-refractivity contribution in [2.75, 3.05) is 14.2 Å². The van der Waals surface area contributed by atoms with Crippen LogP contribution in [0, 0.1) is 0 Å². The molecule has 0 amide bonds. The summed E-state index contributed by atoms with van der Waals surface area (Å²) in [6.45, 7) is 1.96. The molecule has 0 aliphatic carbocycles. The molecule has 2 rings (SSSR count). The lowest BCUT2D eigenvalue weighted by Crippen LogP contribution is -2.22. The van der Waals surface area contributed by atoms with Gasteiger partial charge in [0, 0.05) is 6.04 Å². The number of benzene rings is 1. The average molecular weight is 267 g/mol. The van der Waals surface area contributed by atoms with Crippen LogP contribution >= 0.6 is 0 Å². The fourth-order valence-electron chi connectivity index (χ4n) is 1.98. The number of sulfone groups is 1. The molecule has 1 aliphatic rings. The van der Waals surface area contributed by atoms with Crippen molar-refractivity contribution >= 4 is 15.9 Å². The first kappa shape index (κ1) is 13.1. The first-order chi connectivity index (χ1) is 8.48. The summed E-state index contributed by atoms with van der Waals surface area (Å²) in [5.41, 5.74) is 0.715. The molecule has 98 valence electrons. The van der Waals surface area contributed by atoms with Crippen LogP contribution in [0.5, 0.6) is 5.75 Å². The molecule has 0 saturated carbocycles. The Morgan fingerprint density at radius 1 is 1.39 bits per heavy atom. The molecule has 4 nitrogen and oxygen atoms in total. The van der Waals surface area contributed by atoms with E-state index in [9.17, 15) is 8.42 Å². The summed E-state index contributed by atoms with van der Waals surface area (Å²) in [7, 11) is 0.0797. The molecule has 1 N–H and O–H groups in total. The van der Waals surface area contributed by atoms with Crippen molar-refractivity contribution in [1.82, 2.24) is 5.32 Å². The molecule has 1 unspecified atom stereocenters. The maximum absolute atomic E-state index is 12.3. The first-order valence-electron chi connectivity index (χ1n) is 5.80. The van der Waals surface area contributed by atoms with E-state index in [2.05, 4.69) is 5.32 Å². The minimum absolute atomic E-state index is 0.127. The van der Waals surface area contributed by atoms with Crippen LogP contribution in [0.4, 0.5) is 0 Å². The van der Waals surface area contributed by atoms with Gasteiger partial charge < -0.3 is 10.1 Å². The Bertz CT molecular complexity index is 590. The zero-order chi connectivity index (χ0) is 13.3.